The topological polar surface area (TPSA) is 92.4 Å². The van der Waals surface area contributed by atoms with Crippen molar-refractivity contribution in [2.24, 2.45) is 11.7 Å². The Balaban J connectivity index is 1.30. The summed E-state index contributed by atoms with van der Waals surface area (Å²) in [6.07, 6.45) is 6.46. The zero-order valence-electron chi connectivity index (χ0n) is 14.4. The minimum Gasteiger partial charge on any atom is -0.369 e. The van der Waals surface area contributed by atoms with E-state index >= 15 is 0 Å². The molecular formula is C18H25N5O2. The first-order valence-electron chi connectivity index (χ1n) is 9.23. The molecule has 3 heterocycles. The van der Waals surface area contributed by atoms with Gasteiger partial charge in [0, 0.05) is 50.8 Å². The maximum absolute atomic E-state index is 12.2. The lowest BCUT2D eigenvalue weighted by Gasteiger charge is -2.36. The Hall–Kier alpha value is -2.02. The molecule has 1 unspecified atom stereocenters. The zero-order valence-corrected chi connectivity index (χ0v) is 14.4. The number of amides is 2. The molecule has 0 bridgehead atoms. The third-order valence-corrected chi connectivity index (χ3v) is 5.62. The van der Waals surface area contributed by atoms with Crippen LogP contribution >= 0.6 is 0 Å². The number of carbonyl (C=O) groups is 2. The fourth-order valence-corrected chi connectivity index (χ4v) is 3.93. The van der Waals surface area contributed by atoms with Crippen molar-refractivity contribution < 1.29 is 9.59 Å². The van der Waals surface area contributed by atoms with E-state index in [1.807, 2.05) is 17.2 Å². The Bertz CT molecular complexity index is 667. The van der Waals surface area contributed by atoms with Crippen LogP contribution in [0.25, 0.3) is 0 Å². The minimum absolute atomic E-state index is 0.0760. The first-order chi connectivity index (χ1) is 12.1. The Morgan fingerprint density at radius 3 is 2.64 bits per heavy atom. The summed E-state index contributed by atoms with van der Waals surface area (Å²) >= 11 is 0. The van der Waals surface area contributed by atoms with Crippen LogP contribution in [0.2, 0.25) is 0 Å². The predicted molar refractivity (Wildman–Crippen MR) is 91.3 cm³/mol. The lowest BCUT2D eigenvalue weighted by atomic mass is 10.0. The normalized spacial score (nSPS) is 25.5. The van der Waals surface area contributed by atoms with Gasteiger partial charge >= 0.3 is 0 Å². The van der Waals surface area contributed by atoms with Gasteiger partial charge < -0.3 is 10.6 Å². The third-order valence-electron chi connectivity index (χ3n) is 5.62. The molecule has 2 amide bonds. The summed E-state index contributed by atoms with van der Waals surface area (Å²) in [5.74, 6) is 0.973. The largest absolute Gasteiger partial charge is 0.369 e. The lowest BCUT2D eigenvalue weighted by molar-refractivity contribution is -0.130. The summed E-state index contributed by atoms with van der Waals surface area (Å²) in [6.45, 7) is 3.22. The summed E-state index contributed by atoms with van der Waals surface area (Å²) in [5, 5.41) is 0. The van der Waals surface area contributed by atoms with E-state index in [1.54, 1.807) is 0 Å². The van der Waals surface area contributed by atoms with Crippen LogP contribution in [0.3, 0.4) is 0 Å². The molecule has 7 nitrogen and oxygen atoms in total. The molecule has 0 aromatic carbocycles. The molecule has 0 spiro atoms. The van der Waals surface area contributed by atoms with Gasteiger partial charge in [-0.2, -0.15) is 0 Å². The molecule has 4 rings (SSSR count). The quantitative estimate of drug-likeness (QED) is 0.847. The van der Waals surface area contributed by atoms with Crippen molar-refractivity contribution in [1.29, 1.82) is 0 Å². The average molecular weight is 343 g/mol. The first kappa shape index (κ1) is 16.4. The Kier molecular flexibility index (Phi) is 4.41. The maximum atomic E-state index is 12.2. The molecule has 1 aromatic rings. The van der Waals surface area contributed by atoms with Gasteiger partial charge in [0.1, 0.15) is 5.82 Å². The van der Waals surface area contributed by atoms with Crippen molar-refractivity contribution in [3.05, 3.63) is 23.8 Å². The first-order valence-corrected chi connectivity index (χ1v) is 9.23. The summed E-state index contributed by atoms with van der Waals surface area (Å²) < 4.78 is 0. The van der Waals surface area contributed by atoms with Crippen LogP contribution in [0, 0.1) is 5.92 Å². The van der Waals surface area contributed by atoms with Gasteiger partial charge in [0.05, 0.1) is 11.6 Å². The summed E-state index contributed by atoms with van der Waals surface area (Å²) in [7, 11) is 0. The molecule has 2 saturated heterocycles. The number of rotatable bonds is 5. The number of carbonyl (C=O) groups excluding carboxylic acids is 2. The predicted octanol–water partition coefficient (Wildman–Crippen LogP) is 0.652. The lowest BCUT2D eigenvalue weighted by Crippen LogP contribution is -2.45. The molecule has 7 heteroatoms. The number of piperidine rings is 1. The minimum atomic E-state index is -0.358. The standard InChI is InChI=1S/C18H25N5O2/c19-17(25)13-9-16(24)23(10-13)15-4-7-22(8-5-15)11-14-3-6-20-18(21-14)12-1-2-12/h3,6,12-13,15H,1-2,4-5,7-11H2,(H2,19,25). The van der Waals surface area contributed by atoms with Crippen molar-refractivity contribution >= 4 is 11.8 Å². The molecule has 3 aliphatic rings. The highest BCUT2D eigenvalue weighted by molar-refractivity contribution is 5.88. The van der Waals surface area contributed by atoms with Crippen molar-refractivity contribution in [1.82, 2.24) is 19.8 Å². The number of aromatic nitrogens is 2. The van der Waals surface area contributed by atoms with Gasteiger partial charge in [-0.3, -0.25) is 14.5 Å². The highest BCUT2D eigenvalue weighted by Gasteiger charge is 2.38. The number of hydrogen-bond acceptors (Lipinski definition) is 5. The Morgan fingerprint density at radius 1 is 1.24 bits per heavy atom. The van der Waals surface area contributed by atoms with Crippen LogP contribution in [-0.4, -0.2) is 57.3 Å². The second kappa shape index (κ2) is 6.71. The van der Waals surface area contributed by atoms with Gasteiger partial charge in [-0.05, 0) is 31.7 Å². The SMILES string of the molecule is NC(=O)C1CC(=O)N(C2CCN(Cc3ccnc(C4CC4)n3)CC2)C1. The number of hydrogen-bond donors (Lipinski definition) is 1. The van der Waals surface area contributed by atoms with Crippen LogP contribution in [0.1, 0.15) is 49.5 Å². The fraction of sp³-hybridized carbons (Fsp3) is 0.667. The molecule has 1 saturated carbocycles. The van der Waals surface area contributed by atoms with Crippen molar-refractivity contribution in [3.8, 4) is 0 Å². The average Bonchev–Trinajstić information content (AvgIpc) is 3.38. The monoisotopic (exact) mass is 343 g/mol. The van der Waals surface area contributed by atoms with E-state index in [1.165, 1.54) is 12.8 Å². The molecule has 1 aromatic heterocycles. The van der Waals surface area contributed by atoms with Gasteiger partial charge in [0.2, 0.25) is 11.8 Å². The molecule has 1 aliphatic carbocycles. The van der Waals surface area contributed by atoms with Crippen LogP contribution < -0.4 is 5.73 Å². The number of primary amides is 1. The highest BCUT2D eigenvalue weighted by atomic mass is 16.2. The maximum Gasteiger partial charge on any atom is 0.223 e. The molecule has 3 fully saturated rings. The van der Waals surface area contributed by atoms with Crippen LogP contribution in [0.15, 0.2) is 12.3 Å². The van der Waals surface area contributed by atoms with Gasteiger partial charge in [0.25, 0.3) is 0 Å². The Morgan fingerprint density at radius 2 is 2.00 bits per heavy atom. The highest BCUT2D eigenvalue weighted by Crippen LogP contribution is 2.37. The molecule has 0 radical (unpaired) electrons. The molecule has 134 valence electrons. The van der Waals surface area contributed by atoms with Crippen molar-refractivity contribution in [2.45, 2.75) is 50.6 Å². The number of likely N-dealkylation sites (tertiary alicyclic amines) is 2. The fourth-order valence-electron chi connectivity index (χ4n) is 3.93. The van der Waals surface area contributed by atoms with E-state index < -0.39 is 0 Å². The molecule has 2 N–H and O–H groups in total. The second-order valence-corrected chi connectivity index (χ2v) is 7.54. The molecular weight excluding hydrogens is 318 g/mol. The molecule has 2 aliphatic heterocycles. The summed E-state index contributed by atoms with van der Waals surface area (Å²) in [6, 6.07) is 2.24. The van der Waals surface area contributed by atoms with Gasteiger partial charge in [-0.25, -0.2) is 9.97 Å². The zero-order chi connectivity index (χ0) is 17.4. The number of nitrogens with two attached hydrogens (primary N) is 1. The van der Waals surface area contributed by atoms with Crippen LogP contribution in [0.5, 0.6) is 0 Å². The summed E-state index contributed by atoms with van der Waals surface area (Å²) in [5.41, 5.74) is 6.44. The molecule has 1 atom stereocenters. The van der Waals surface area contributed by atoms with E-state index in [0.717, 1.165) is 44.0 Å². The van der Waals surface area contributed by atoms with Gasteiger partial charge in [-0.1, -0.05) is 0 Å². The van der Waals surface area contributed by atoms with Gasteiger partial charge in [0.15, 0.2) is 0 Å². The van der Waals surface area contributed by atoms with E-state index in [0.29, 0.717) is 12.5 Å². The van der Waals surface area contributed by atoms with E-state index in [2.05, 4.69) is 9.88 Å². The van der Waals surface area contributed by atoms with Crippen molar-refractivity contribution in [2.75, 3.05) is 19.6 Å². The van der Waals surface area contributed by atoms with Crippen molar-refractivity contribution in [3.63, 3.8) is 0 Å². The van der Waals surface area contributed by atoms with Crippen LogP contribution in [0.4, 0.5) is 0 Å². The number of nitrogens with zero attached hydrogens (tertiary/aromatic N) is 4. The van der Waals surface area contributed by atoms with E-state index in [9.17, 15) is 9.59 Å². The van der Waals surface area contributed by atoms with Crippen LogP contribution in [-0.2, 0) is 16.1 Å². The van der Waals surface area contributed by atoms with E-state index in [4.69, 9.17) is 10.7 Å². The third kappa shape index (κ3) is 3.66. The summed E-state index contributed by atoms with van der Waals surface area (Å²) in [4.78, 5) is 36.8. The van der Waals surface area contributed by atoms with Gasteiger partial charge in [-0.15, -0.1) is 0 Å². The molecule has 25 heavy (non-hydrogen) atoms. The second-order valence-electron chi connectivity index (χ2n) is 7.54. The Labute approximate surface area is 147 Å². The van der Waals surface area contributed by atoms with E-state index in [-0.39, 0.29) is 30.2 Å². The smallest absolute Gasteiger partial charge is 0.223 e.